The fourth-order valence-electron chi connectivity index (χ4n) is 1.95. The predicted molar refractivity (Wildman–Crippen MR) is 65.4 cm³/mol. The Morgan fingerprint density at radius 3 is 2.76 bits per heavy atom. The van der Waals surface area contributed by atoms with Crippen LogP contribution in [-0.4, -0.2) is 19.0 Å². The summed E-state index contributed by atoms with van der Waals surface area (Å²) in [5.41, 5.74) is 1.35. The molecule has 0 aliphatic carbocycles. The Hall–Kier alpha value is -1.86. The number of nitrogens with zero attached hydrogens (tertiary/aromatic N) is 1. The van der Waals surface area contributed by atoms with Crippen LogP contribution in [0, 0.1) is 17.2 Å². The van der Waals surface area contributed by atoms with Crippen LogP contribution in [0.2, 0.25) is 0 Å². The van der Waals surface area contributed by atoms with E-state index in [0.717, 1.165) is 31.6 Å². The molecular formula is C13H15N3O. The lowest BCUT2D eigenvalue weighted by molar-refractivity contribution is -0.120. The van der Waals surface area contributed by atoms with Crippen LogP contribution in [0.3, 0.4) is 0 Å². The van der Waals surface area contributed by atoms with Gasteiger partial charge in [-0.05, 0) is 43.7 Å². The molecule has 1 atom stereocenters. The molecule has 1 heterocycles. The Labute approximate surface area is 101 Å². The molecule has 0 radical (unpaired) electrons. The summed E-state index contributed by atoms with van der Waals surface area (Å²) in [4.78, 5) is 11.9. The maximum atomic E-state index is 11.9. The van der Waals surface area contributed by atoms with Crippen molar-refractivity contribution in [2.75, 3.05) is 18.4 Å². The molecule has 1 aromatic carbocycles. The van der Waals surface area contributed by atoms with E-state index in [-0.39, 0.29) is 11.8 Å². The highest BCUT2D eigenvalue weighted by Crippen LogP contribution is 2.14. The first-order chi connectivity index (χ1) is 8.29. The van der Waals surface area contributed by atoms with Gasteiger partial charge in [-0.2, -0.15) is 5.26 Å². The molecule has 0 bridgehead atoms. The molecular weight excluding hydrogens is 214 g/mol. The zero-order chi connectivity index (χ0) is 12.1. The van der Waals surface area contributed by atoms with E-state index in [2.05, 4.69) is 10.6 Å². The SMILES string of the molecule is N#Cc1ccc(NC(=O)[C@H]2CCCNC2)cc1. The highest BCUT2D eigenvalue weighted by Gasteiger charge is 2.20. The van der Waals surface area contributed by atoms with E-state index in [0.29, 0.717) is 5.56 Å². The molecule has 4 nitrogen and oxygen atoms in total. The van der Waals surface area contributed by atoms with Gasteiger partial charge in [-0.3, -0.25) is 4.79 Å². The zero-order valence-electron chi connectivity index (χ0n) is 9.57. The van der Waals surface area contributed by atoms with E-state index in [1.807, 2.05) is 6.07 Å². The van der Waals surface area contributed by atoms with Crippen molar-refractivity contribution in [1.82, 2.24) is 5.32 Å². The third kappa shape index (κ3) is 3.05. The number of piperidine rings is 1. The van der Waals surface area contributed by atoms with E-state index < -0.39 is 0 Å². The summed E-state index contributed by atoms with van der Waals surface area (Å²) in [5.74, 6) is 0.112. The first-order valence-electron chi connectivity index (χ1n) is 5.81. The lowest BCUT2D eigenvalue weighted by Crippen LogP contribution is -2.37. The van der Waals surface area contributed by atoms with Crippen molar-refractivity contribution in [3.05, 3.63) is 29.8 Å². The molecule has 88 valence electrons. The van der Waals surface area contributed by atoms with Gasteiger partial charge in [0.05, 0.1) is 17.6 Å². The molecule has 1 aliphatic rings. The van der Waals surface area contributed by atoms with Gasteiger partial charge >= 0.3 is 0 Å². The molecule has 2 N–H and O–H groups in total. The number of amides is 1. The van der Waals surface area contributed by atoms with E-state index >= 15 is 0 Å². The van der Waals surface area contributed by atoms with Crippen LogP contribution in [0.1, 0.15) is 18.4 Å². The van der Waals surface area contributed by atoms with E-state index in [4.69, 9.17) is 5.26 Å². The monoisotopic (exact) mass is 229 g/mol. The molecule has 0 saturated carbocycles. The molecule has 1 saturated heterocycles. The molecule has 1 aliphatic heterocycles. The van der Waals surface area contributed by atoms with E-state index in [1.54, 1.807) is 24.3 Å². The Kier molecular flexibility index (Phi) is 3.73. The smallest absolute Gasteiger partial charge is 0.228 e. The fourth-order valence-corrected chi connectivity index (χ4v) is 1.95. The van der Waals surface area contributed by atoms with Crippen LogP contribution in [0.25, 0.3) is 0 Å². The summed E-state index contributed by atoms with van der Waals surface area (Å²) in [7, 11) is 0. The molecule has 4 heteroatoms. The fraction of sp³-hybridized carbons (Fsp3) is 0.385. The largest absolute Gasteiger partial charge is 0.326 e. The Bertz CT molecular complexity index is 427. The van der Waals surface area contributed by atoms with Crippen molar-refractivity contribution in [3.8, 4) is 6.07 Å². The van der Waals surface area contributed by atoms with E-state index in [1.165, 1.54) is 0 Å². The van der Waals surface area contributed by atoms with Gasteiger partial charge in [0, 0.05) is 12.2 Å². The second kappa shape index (κ2) is 5.46. The van der Waals surface area contributed by atoms with Crippen molar-refractivity contribution in [2.24, 2.45) is 5.92 Å². The van der Waals surface area contributed by atoms with Gasteiger partial charge in [0.25, 0.3) is 0 Å². The average Bonchev–Trinajstić information content (AvgIpc) is 2.40. The van der Waals surface area contributed by atoms with Crippen molar-refractivity contribution in [2.45, 2.75) is 12.8 Å². The van der Waals surface area contributed by atoms with Gasteiger partial charge in [-0.15, -0.1) is 0 Å². The van der Waals surface area contributed by atoms with Crippen molar-refractivity contribution in [3.63, 3.8) is 0 Å². The molecule has 1 amide bonds. The zero-order valence-corrected chi connectivity index (χ0v) is 9.57. The second-order valence-electron chi connectivity index (χ2n) is 4.22. The molecule has 0 aromatic heterocycles. The summed E-state index contributed by atoms with van der Waals surface area (Å²) in [6, 6.07) is 8.97. The van der Waals surface area contributed by atoms with Gasteiger partial charge in [-0.1, -0.05) is 0 Å². The number of rotatable bonds is 2. The number of carbonyl (C=O) groups excluding carboxylic acids is 1. The first-order valence-corrected chi connectivity index (χ1v) is 5.81. The Morgan fingerprint density at radius 1 is 1.41 bits per heavy atom. The molecule has 17 heavy (non-hydrogen) atoms. The summed E-state index contributed by atoms with van der Waals surface area (Å²) in [6.45, 7) is 1.75. The highest BCUT2D eigenvalue weighted by atomic mass is 16.1. The quantitative estimate of drug-likeness (QED) is 0.807. The summed E-state index contributed by atoms with van der Waals surface area (Å²) >= 11 is 0. The first kappa shape index (κ1) is 11.6. The minimum Gasteiger partial charge on any atom is -0.326 e. The summed E-state index contributed by atoms with van der Waals surface area (Å²) < 4.78 is 0. The van der Waals surface area contributed by atoms with Gasteiger partial charge in [0.1, 0.15) is 0 Å². The minimum atomic E-state index is 0.0550. The molecule has 1 aromatic rings. The minimum absolute atomic E-state index is 0.0550. The number of anilines is 1. The Morgan fingerprint density at radius 2 is 2.18 bits per heavy atom. The molecule has 1 fully saturated rings. The number of hydrogen-bond acceptors (Lipinski definition) is 3. The summed E-state index contributed by atoms with van der Waals surface area (Å²) in [6.07, 6.45) is 1.99. The second-order valence-corrected chi connectivity index (χ2v) is 4.22. The van der Waals surface area contributed by atoms with Gasteiger partial charge in [-0.25, -0.2) is 0 Å². The van der Waals surface area contributed by atoms with Crippen LogP contribution in [0.4, 0.5) is 5.69 Å². The number of carbonyl (C=O) groups is 1. The third-order valence-corrected chi connectivity index (χ3v) is 2.95. The normalized spacial score (nSPS) is 19.4. The lowest BCUT2D eigenvalue weighted by atomic mass is 9.99. The maximum Gasteiger partial charge on any atom is 0.228 e. The number of nitriles is 1. The van der Waals surface area contributed by atoms with Gasteiger partial charge < -0.3 is 10.6 Å². The standard InChI is InChI=1S/C13H15N3O/c14-8-10-3-5-12(6-4-10)16-13(17)11-2-1-7-15-9-11/h3-6,11,15H,1-2,7,9H2,(H,16,17)/t11-/m0/s1. The van der Waals surface area contributed by atoms with Crippen LogP contribution >= 0.6 is 0 Å². The van der Waals surface area contributed by atoms with E-state index in [9.17, 15) is 4.79 Å². The maximum absolute atomic E-state index is 11.9. The average molecular weight is 229 g/mol. The van der Waals surface area contributed by atoms with Crippen molar-refractivity contribution < 1.29 is 4.79 Å². The van der Waals surface area contributed by atoms with Crippen molar-refractivity contribution >= 4 is 11.6 Å². The number of hydrogen-bond donors (Lipinski definition) is 2. The third-order valence-electron chi connectivity index (χ3n) is 2.95. The van der Waals surface area contributed by atoms with Crippen molar-refractivity contribution in [1.29, 1.82) is 5.26 Å². The Balaban J connectivity index is 1.95. The lowest BCUT2D eigenvalue weighted by Gasteiger charge is -2.21. The molecule has 0 unspecified atom stereocenters. The van der Waals surface area contributed by atoms with Gasteiger partial charge in [0.2, 0.25) is 5.91 Å². The van der Waals surface area contributed by atoms with Crippen LogP contribution < -0.4 is 10.6 Å². The molecule has 0 spiro atoms. The molecule has 2 rings (SSSR count). The van der Waals surface area contributed by atoms with Crippen LogP contribution in [0.5, 0.6) is 0 Å². The topological polar surface area (TPSA) is 64.9 Å². The van der Waals surface area contributed by atoms with Gasteiger partial charge in [0.15, 0.2) is 0 Å². The summed E-state index contributed by atoms with van der Waals surface area (Å²) in [5, 5.41) is 14.8. The van der Waals surface area contributed by atoms with Crippen LogP contribution in [0.15, 0.2) is 24.3 Å². The number of nitrogens with one attached hydrogen (secondary N) is 2. The van der Waals surface area contributed by atoms with Crippen LogP contribution in [-0.2, 0) is 4.79 Å². The predicted octanol–water partition coefficient (Wildman–Crippen LogP) is 1.50. The highest BCUT2D eigenvalue weighted by molar-refractivity contribution is 5.92. The number of benzene rings is 1.